The Kier molecular flexibility index (Phi) is 5.89. The molecular weight excluding hydrogens is 313 g/mol. The normalized spacial score (nSPS) is 11.5. The van der Waals surface area contributed by atoms with Gasteiger partial charge in [-0.3, -0.25) is 4.79 Å². The van der Waals surface area contributed by atoms with Crippen LogP contribution < -0.4 is 10.1 Å². The van der Waals surface area contributed by atoms with E-state index in [2.05, 4.69) is 5.32 Å². The third-order valence-corrected chi connectivity index (χ3v) is 3.40. The molecule has 0 aliphatic rings. The van der Waals surface area contributed by atoms with Crippen LogP contribution in [0.1, 0.15) is 28.9 Å². The first-order valence-electron chi connectivity index (χ1n) is 7.36. The first-order valence-corrected chi connectivity index (χ1v) is 7.36. The van der Waals surface area contributed by atoms with Gasteiger partial charge in [-0.25, -0.2) is 9.18 Å². The van der Waals surface area contributed by atoms with Crippen LogP contribution in [-0.2, 0) is 9.53 Å². The van der Waals surface area contributed by atoms with Crippen LogP contribution in [0, 0.1) is 5.82 Å². The number of rotatable bonds is 6. The van der Waals surface area contributed by atoms with Crippen molar-refractivity contribution in [1.82, 2.24) is 5.32 Å². The minimum atomic E-state index is -0.878. The Bertz CT molecular complexity index is 732. The van der Waals surface area contributed by atoms with Crippen molar-refractivity contribution in [3.63, 3.8) is 0 Å². The van der Waals surface area contributed by atoms with Gasteiger partial charge in [-0.15, -0.1) is 0 Å². The highest BCUT2D eigenvalue weighted by Crippen LogP contribution is 2.18. The summed E-state index contributed by atoms with van der Waals surface area (Å²) in [5.41, 5.74) is 0.647. The number of carbonyl (C=O) groups excluding carboxylic acids is 2. The molecule has 2 aromatic carbocycles. The summed E-state index contributed by atoms with van der Waals surface area (Å²) in [6.45, 7) is 1.31. The van der Waals surface area contributed by atoms with Crippen LogP contribution in [0.5, 0.6) is 5.75 Å². The lowest BCUT2D eigenvalue weighted by atomic mass is 10.1. The Labute approximate surface area is 139 Å². The van der Waals surface area contributed by atoms with Crippen LogP contribution >= 0.6 is 0 Å². The van der Waals surface area contributed by atoms with Gasteiger partial charge in [0.05, 0.1) is 18.7 Å². The molecule has 0 fully saturated rings. The molecule has 0 saturated heterocycles. The van der Waals surface area contributed by atoms with Gasteiger partial charge in [-0.1, -0.05) is 24.3 Å². The third kappa shape index (κ3) is 4.55. The van der Waals surface area contributed by atoms with Crippen LogP contribution in [0.3, 0.4) is 0 Å². The van der Waals surface area contributed by atoms with Gasteiger partial charge in [0, 0.05) is 0 Å². The summed E-state index contributed by atoms with van der Waals surface area (Å²) in [6, 6.07) is 12.4. The highest BCUT2D eigenvalue weighted by molar-refractivity contribution is 5.91. The highest BCUT2D eigenvalue weighted by atomic mass is 19.1. The van der Waals surface area contributed by atoms with Crippen molar-refractivity contribution in [3.05, 3.63) is 65.5 Å². The Morgan fingerprint density at radius 2 is 1.92 bits per heavy atom. The molecule has 0 aromatic heterocycles. The van der Waals surface area contributed by atoms with Gasteiger partial charge >= 0.3 is 5.97 Å². The fraction of sp³-hybridized carbons (Fsp3) is 0.222. The predicted octanol–water partition coefficient (Wildman–Crippen LogP) is 2.87. The summed E-state index contributed by atoms with van der Waals surface area (Å²) in [6.07, 6.45) is 0. The first kappa shape index (κ1) is 17.5. The van der Waals surface area contributed by atoms with Crippen molar-refractivity contribution in [2.24, 2.45) is 0 Å². The number of ether oxygens (including phenoxy) is 2. The third-order valence-electron chi connectivity index (χ3n) is 3.40. The molecule has 24 heavy (non-hydrogen) atoms. The van der Waals surface area contributed by atoms with Gasteiger partial charge in [0.1, 0.15) is 11.6 Å². The number of amides is 1. The average Bonchev–Trinajstić information content (AvgIpc) is 2.60. The van der Waals surface area contributed by atoms with E-state index in [0.29, 0.717) is 5.75 Å². The van der Waals surface area contributed by atoms with Crippen molar-refractivity contribution in [2.75, 3.05) is 13.7 Å². The van der Waals surface area contributed by atoms with Gasteiger partial charge in [0.25, 0.3) is 5.91 Å². The first-order chi connectivity index (χ1) is 11.5. The lowest BCUT2D eigenvalue weighted by molar-refractivity contribution is -0.124. The maximum atomic E-state index is 13.5. The maximum Gasteiger partial charge on any atom is 0.341 e. The van der Waals surface area contributed by atoms with Crippen molar-refractivity contribution in [3.8, 4) is 5.75 Å². The lowest BCUT2D eigenvalue weighted by Gasteiger charge is -2.15. The van der Waals surface area contributed by atoms with Crippen LogP contribution in [0.2, 0.25) is 0 Å². The molecule has 1 N–H and O–H groups in total. The van der Waals surface area contributed by atoms with Gasteiger partial charge in [-0.2, -0.15) is 0 Å². The molecule has 6 heteroatoms. The highest BCUT2D eigenvalue weighted by Gasteiger charge is 2.15. The zero-order chi connectivity index (χ0) is 17.5. The van der Waals surface area contributed by atoms with E-state index in [1.54, 1.807) is 26.2 Å². The Morgan fingerprint density at radius 3 is 2.62 bits per heavy atom. The summed E-state index contributed by atoms with van der Waals surface area (Å²) >= 11 is 0. The summed E-state index contributed by atoms with van der Waals surface area (Å²) in [5.74, 6) is -1.36. The number of benzene rings is 2. The second-order valence-corrected chi connectivity index (χ2v) is 5.12. The van der Waals surface area contributed by atoms with Crippen molar-refractivity contribution < 1.29 is 23.5 Å². The zero-order valence-electron chi connectivity index (χ0n) is 13.4. The van der Waals surface area contributed by atoms with Crippen LogP contribution in [0.25, 0.3) is 0 Å². The second kappa shape index (κ2) is 8.10. The molecule has 0 bridgehead atoms. The Hall–Kier alpha value is -2.89. The largest absolute Gasteiger partial charge is 0.497 e. The standard InChI is InChI=1S/C18H18FNO4/c1-12(13-6-5-7-14(10-13)23-2)20-17(21)11-24-18(22)15-8-3-4-9-16(15)19/h3-10,12H,11H2,1-2H3,(H,20,21)/t12-/m0/s1. The van der Waals surface area contributed by atoms with E-state index < -0.39 is 24.3 Å². The molecule has 0 radical (unpaired) electrons. The van der Waals surface area contributed by atoms with Crippen LogP contribution in [0.4, 0.5) is 4.39 Å². The molecule has 126 valence electrons. The summed E-state index contributed by atoms with van der Waals surface area (Å²) in [7, 11) is 1.56. The molecule has 1 amide bonds. The van der Waals surface area contributed by atoms with Gasteiger partial charge in [0.2, 0.25) is 0 Å². The molecule has 0 heterocycles. The molecule has 0 aliphatic heterocycles. The quantitative estimate of drug-likeness (QED) is 0.827. The van der Waals surface area contributed by atoms with Crippen LogP contribution in [0.15, 0.2) is 48.5 Å². The Balaban J connectivity index is 1.89. The molecule has 0 spiro atoms. The monoisotopic (exact) mass is 331 g/mol. The Morgan fingerprint density at radius 1 is 1.17 bits per heavy atom. The van der Waals surface area contributed by atoms with Crippen molar-refractivity contribution >= 4 is 11.9 Å². The molecule has 1 atom stereocenters. The minimum Gasteiger partial charge on any atom is -0.497 e. The van der Waals surface area contributed by atoms with E-state index in [4.69, 9.17) is 9.47 Å². The van der Waals surface area contributed by atoms with E-state index in [1.807, 2.05) is 12.1 Å². The zero-order valence-corrected chi connectivity index (χ0v) is 13.4. The summed E-state index contributed by atoms with van der Waals surface area (Å²) in [5, 5.41) is 2.70. The average molecular weight is 331 g/mol. The molecule has 0 saturated carbocycles. The van der Waals surface area contributed by atoms with Gasteiger partial charge in [0.15, 0.2) is 6.61 Å². The maximum absolute atomic E-state index is 13.5. The van der Waals surface area contributed by atoms with Crippen LogP contribution in [-0.4, -0.2) is 25.6 Å². The van der Waals surface area contributed by atoms with Gasteiger partial charge < -0.3 is 14.8 Å². The number of methoxy groups -OCH3 is 1. The smallest absolute Gasteiger partial charge is 0.341 e. The van der Waals surface area contributed by atoms with Crippen molar-refractivity contribution in [1.29, 1.82) is 0 Å². The number of nitrogens with one attached hydrogen (secondary N) is 1. The lowest BCUT2D eigenvalue weighted by Crippen LogP contribution is -2.31. The second-order valence-electron chi connectivity index (χ2n) is 5.12. The fourth-order valence-corrected chi connectivity index (χ4v) is 2.11. The predicted molar refractivity (Wildman–Crippen MR) is 86.2 cm³/mol. The molecule has 2 aromatic rings. The number of esters is 1. The molecule has 0 unspecified atom stereocenters. The van der Waals surface area contributed by atoms with E-state index >= 15 is 0 Å². The summed E-state index contributed by atoms with van der Waals surface area (Å²) in [4.78, 5) is 23.6. The van der Waals surface area contributed by atoms with Crippen molar-refractivity contribution in [2.45, 2.75) is 13.0 Å². The molecule has 0 aliphatic carbocycles. The number of halogens is 1. The topological polar surface area (TPSA) is 64.6 Å². The van der Waals surface area contributed by atoms with Gasteiger partial charge in [-0.05, 0) is 36.8 Å². The minimum absolute atomic E-state index is 0.203. The fourth-order valence-electron chi connectivity index (χ4n) is 2.11. The molecule has 2 rings (SSSR count). The molecule has 5 nitrogen and oxygen atoms in total. The number of hydrogen-bond acceptors (Lipinski definition) is 4. The van der Waals surface area contributed by atoms with E-state index in [9.17, 15) is 14.0 Å². The van der Waals surface area contributed by atoms with E-state index in [-0.39, 0.29) is 11.6 Å². The number of hydrogen-bond donors (Lipinski definition) is 1. The van der Waals surface area contributed by atoms with E-state index in [1.165, 1.54) is 18.2 Å². The SMILES string of the molecule is COc1cccc([C@H](C)NC(=O)COC(=O)c2ccccc2F)c1. The molecular formula is C18H18FNO4. The van der Waals surface area contributed by atoms with E-state index in [0.717, 1.165) is 11.6 Å². The number of carbonyl (C=O) groups is 2. The summed E-state index contributed by atoms with van der Waals surface area (Å²) < 4.78 is 23.4.